The molecular weight excluding hydrogens is 396 g/mol. The van der Waals surface area contributed by atoms with Gasteiger partial charge < -0.3 is 15.2 Å². The number of benzene rings is 2. The van der Waals surface area contributed by atoms with Crippen molar-refractivity contribution in [2.75, 3.05) is 26.3 Å². The smallest absolute Gasteiger partial charge is 0.251 e. The van der Waals surface area contributed by atoms with Crippen LogP contribution in [0.25, 0.3) is 10.9 Å². The third kappa shape index (κ3) is 5.31. The largest absolute Gasteiger partial charge is 0.366 e. The average molecular weight is 428 g/mol. The van der Waals surface area contributed by atoms with E-state index in [-0.39, 0.29) is 18.4 Å². The number of amides is 1. The number of rotatable bonds is 5. The summed E-state index contributed by atoms with van der Waals surface area (Å²) in [4.78, 5) is 14.4. The number of aryl methyl sites for hydroxylation is 1. The summed E-state index contributed by atoms with van der Waals surface area (Å²) >= 11 is 0. The molecule has 0 spiro atoms. The quantitative estimate of drug-likeness (QED) is 0.620. The van der Waals surface area contributed by atoms with Gasteiger partial charge >= 0.3 is 0 Å². The fourth-order valence-corrected chi connectivity index (χ4v) is 4.44. The predicted molar refractivity (Wildman–Crippen MR) is 122 cm³/mol. The summed E-state index contributed by atoms with van der Waals surface area (Å²) in [6.45, 7) is 6.99. The SMILES string of the molecule is CCN1CCC(n2c(C)c(C(N)=O)c3ccc(CCF)cc32)CC1.Fc1ccccc1. The number of hydrogen-bond acceptors (Lipinski definition) is 2. The highest BCUT2D eigenvalue weighted by Crippen LogP contribution is 2.34. The first-order valence-electron chi connectivity index (χ1n) is 10.9. The fourth-order valence-electron chi connectivity index (χ4n) is 4.44. The molecule has 0 unspecified atom stereocenters. The molecule has 6 heteroatoms. The van der Waals surface area contributed by atoms with Gasteiger partial charge in [0.2, 0.25) is 0 Å². The summed E-state index contributed by atoms with van der Waals surface area (Å²) in [5.74, 6) is -0.567. The van der Waals surface area contributed by atoms with Crippen LogP contribution in [-0.4, -0.2) is 41.7 Å². The Morgan fingerprint density at radius 2 is 1.81 bits per heavy atom. The Balaban J connectivity index is 0.000000330. The van der Waals surface area contributed by atoms with Crippen molar-refractivity contribution in [3.05, 3.63) is 71.2 Å². The van der Waals surface area contributed by atoms with E-state index < -0.39 is 0 Å². The number of alkyl halides is 1. The van der Waals surface area contributed by atoms with E-state index in [4.69, 9.17) is 5.73 Å². The molecule has 1 aromatic heterocycles. The van der Waals surface area contributed by atoms with Gasteiger partial charge in [0.25, 0.3) is 5.91 Å². The third-order valence-corrected chi connectivity index (χ3v) is 6.05. The average Bonchev–Trinajstić information content (AvgIpc) is 3.06. The van der Waals surface area contributed by atoms with Crippen LogP contribution in [0.4, 0.5) is 8.78 Å². The van der Waals surface area contributed by atoms with E-state index in [9.17, 15) is 13.6 Å². The van der Waals surface area contributed by atoms with Gasteiger partial charge in [-0.2, -0.15) is 0 Å². The molecule has 1 aliphatic rings. The lowest BCUT2D eigenvalue weighted by Crippen LogP contribution is -2.34. The third-order valence-electron chi connectivity index (χ3n) is 6.05. The van der Waals surface area contributed by atoms with Gasteiger partial charge in [0.1, 0.15) is 5.82 Å². The molecule has 0 atom stereocenters. The Kier molecular flexibility index (Phi) is 7.80. The van der Waals surface area contributed by atoms with Crippen LogP contribution >= 0.6 is 0 Å². The summed E-state index contributed by atoms with van der Waals surface area (Å²) in [5.41, 5.74) is 9.16. The molecule has 166 valence electrons. The Morgan fingerprint density at radius 3 is 2.32 bits per heavy atom. The molecule has 1 fully saturated rings. The lowest BCUT2D eigenvalue weighted by molar-refractivity contribution is 0.100. The second kappa shape index (κ2) is 10.5. The number of aromatic nitrogens is 1. The number of likely N-dealkylation sites (tertiary alicyclic amines) is 1. The van der Waals surface area contributed by atoms with E-state index in [1.807, 2.05) is 25.1 Å². The maximum absolute atomic E-state index is 12.7. The maximum Gasteiger partial charge on any atom is 0.251 e. The minimum absolute atomic E-state index is 0.178. The molecule has 0 saturated carbocycles. The van der Waals surface area contributed by atoms with Crippen molar-refractivity contribution in [3.8, 4) is 0 Å². The van der Waals surface area contributed by atoms with Crippen LogP contribution in [0.15, 0.2) is 48.5 Å². The molecule has 0 bridgehead atoms. The topological polar surface area (TPSA) is 51.3 Å². The van der Waals surface area contributed by atoms with Gasteiger partial charge in [0, 0.05) is 42.1 Å². The molecule has 2 aromatic carbocycles. The van der Waals surface area contributed by atoms with Crippen LogP contribution in [0.2, 0.25) is 0 Å². The Morgan fingerprint density at radius 1 is 1.13 bits per heavy atom. The van der Waals surface area contributed by atoms with Crippen LogP contribution in [0.1, 0.15) is 47.4 Å². The van der Waals surface area contributed by atoms with E-state index >= 15 is 0 Å². The molecule has 0 radical (unpaired) electrons. The highest BCUT2D eigenvalue weighted by atomic mass is 19.1. The molecule has 0 aliphatic carbocycles. The molecule has 1 saturated heterocycles. The predicted octanol–water partition coefficient (Wildman–Crippen LogP) is 5.04. The van der Waals surface area contributed by atoms with Crippen LogP contribution in [-0.2, 0) is 6.42 Å². The van der Waals surface area contributed by atoms with Crippen molar-refractivity contribution in [2.45, 2.75) is 39.2 Å². The molecule has 2 heterocycles. The minimum atomic E-state index is -0.388. The first-order chi connectivity index (χ1) is 15.0. The lowest BCUT2D eigenvalue weighted by Gasteiger charge is -2.33. The van der Waals surface area contributed by atoms with Gasteiger partial charge in [-0.15, -0.1) is 0 Å². The standard InChI is InChI=1S/C19H26FN3O.C6H5F/c1-3-22-10-7-15(8-11-22)23-13(2)18(19(21)24)16-5-4-14(6-9-20)12-17(16)23;7-6-4-2-1-3-5-6/h4-5,12,15H,3,6-11H2,1-2H3,(H2,21,24);1-5H. The van der Waals surface area contributed by atoms with Gasteiger partial charge in [-0.3, -0.25) is 9.18 Å². The number of fused-ring (bicyclic) bond motifs is 1. The highest BCUT2D eigenvalue weighted by molar-refractivity contribution is 6.07. The van der Waals surface area contributed by atoms with E-state index in [1.54, 1.807) is 18.2 Å². The molecular formula is C25H31F2N3O. The number of nitrogens with two attached hydrogens (primary N) is 1. The van der Waals surface area contributed by atoms with E-state index in [2.05, 4.69) is 16.4 Å². The van der Waals surface area contributed by atoms with Crippen LogP contribution < -0.4 is 5.73 Å². The first-order valence-corrected chi connectivity index (χ1v) is 10.9. The number of carbonyl (C=O) groups excluding carboxylic acids is 1. The molecule has 1 amide bonds. The van der Waals surface area contributed by atoms with Gasteiger partial charge in [-0.1, -0.05) is 37.3 Å². The van der Waals surface area contributed by atoms with Crippen LogP contribution in [0, 0.1) is 12.7 Å². The molecule has 3 aromatic rings. The van der Waals surface area contributed by atoms with Gasteiger partial charge in [0.05, 0.1) is 12.2 Å². The lowest BCUT2D eigenvalue weighted by atomic mass is 10.0. The van der Waals surface area contributed by atoms with Gasteiger partial charge in [0.15, 0.2) is 0 Å². The monoisotopic (exact) mass is 427 g/mol. The summed E-state index contributed by atoms with van der Waals surface area (Å²) < 4.78 is 26.9. The van der Waals surface area contributed by atoms with E-state index in [0.717, 1.165) is 54.6 Å². The zero-order valence-electron chi connectivity index (χ0n) is 18.3. The van der Waals surface area contributed by atoms with Gasteiger partial charge in [-0.05, 0) is 50.1 Å². The number of nitrogens with zero attached hydrogens (tertiary/aromatic N) is 2. The highest BCUT2D eigenvalue weighted by Gasteiger charge is 2.26. The number of halogens is 2. The summed E-state index contributed by atoms with van der Waals surface area (Å²) in [6, 6.07) is 14.2. The van der Waals surface area contributed by atoms with E-state index in [1.165, 1.54) is 12.1 Å². The maximum atomic E-state index is 12.7. The molecule has 31 heavy (non-hydrogen) atoms. The normalized spacial score (nSPS) is 15.0. The molecule has 4 rings (SSSR count). The zero-order chi connectivity index (χ0) is 22.4. The van der Waals surface area contributed by atoms with Crippen LogP contribution in [0.5, 0.6) is 0 Å². The number of hydrogen-bond donors (Lipinski definition) is 1. The first kappa shape index (κ1) is 22.9. The van der Waals surface area contributed by atoms with Crippen molar-refractivity contribution >= 4 is 16.8 Å². The van der Waals surface area contributed by atoms with Gasteiger partial charge in [-0.25, -0.2) is 4.39 Å². The second-order valence-corrected chi connectivity index (χ2v) is 7.95. The van der Waals surface area contributed by atoms with Crippen LogP contribution in [0.3, 0.4) is 0 Å². The number of piperidine rings is 1. The summed E-state index contributed by atoms with van der Waals surface area (Å²) in [5, 5.41) is 0.889. The zero-order valence-corrected chi connectivity index (χ0v) is 18.3. The Labute approximate surface area is 182 Å². The second-order valence-electron chi connectivity index (χ2n) is 7.95. The summed E-state index contributed by atoms with van der Waals surface area (Å²) in [7, 11) is 0. The fraction of sp³-hybridized carbons (Fsp3) is 0.400. The van der Waals surface area contributed by atoms with Crippen molar-refractivity contribution in [3.63, 3.8) is 0 Å². The van der Waals surface area contributed by atoms with Crippen molar-refractivity contribution in [2.24, 2.45) is 5.73 Å². The Hall–Kier alpha value is -2.73. The van der Waals surface area contributed by atoms with Crippen molar-refractivity contribution in [1.29, 1.82) is 0 Å². The number of primary amides is 1. The summed E-state index contributed by atoms with van der Waals surface area (Å²) in [6.07, 6.45) is 2.52. The Bertz CT molecular complexity index is 1010. The molecule has 2 N–H and O–H groups in total. The van der Waals surface area contributed by atoms with E-state index in [0.29, 0.717) is 18.0 Å². The minimum Gasteiger partial charge on any atom is -0.366 e. The van der Waals surface area contributed by atoms with Crippen molar-refractivity contribution < 1.29 is 13.6 Å². The molecule has 1 aliphatic heterocycles. The van der Waals surface area contributed by atoms with Crippen molar-refractivity contribution in [1.82, 2.24) is 9.47 Å². The number of carbonyl (C=O) groups is 1. The molecule has 4 nitrogen and oxygen atoms in total.